The van der Waals surface area contributed by atoms with Gasteiger partial charge in [-0.1, -0.05) is 20.8 Å². The van der Waals surface area contributed by atoms with Gasteiger partial charge in [-0.05, 0) is 36.0 Å². The minimum Gasteiger partial charge on any atom is -0.370 e. The van der Waals surface area contributed by atoms with Crippen LogP contribution in [0.25, 0.3) is 0 Å². The fraction of sp³-hybridized carbons (Fsp3) is 0.625. The highest BCUT2D eigenvalue weighted by molar-refractivity contribution is 5.78. The number of nitrogens with zero attached hydrogens (tertiary/aromatic N) is 2. The van der Waals surface area contributed by atoms with E-state index in [-0.39, 0.29) is 5.91 Å². The molecule has 2 heterocycles. The van der Waals surface area contributed by atoms with Crippen LogP contribution < -0.4 is 5.32 Å². The molecule has 1 atom stereocenters. The van der Waals surface area contributed by atoms with Gasteiger partial charge in [-0.2, -0.15) is 0 Å². The molecule has 1 amide bonds. The Morgan fingerprint density at radius 3 is 2.95 bits per heavy atom. The summed E-state index contributed by atoms with van der Waals surface area (Å²) >= 11 is 0. The molecular formula is C16H25N3O. The topological polar surface area (TPSA) is 45.2 Å². The van der Waals surface area contributed by atoms with E-state index in [0.29, 0.717) is 24.8 Å². The SMILES string of the molecule is CCCNc1cc(CN2CC(C(C)C)CC2=O)ccn1. The molecule has 2 rings (SSSR count). The maximum Gasteiger partial charge on any atom is 0.223 e. The summed E-state index contributed by atoms with van der Waals surface area (Å²) in [6.07, 6.45) is 3.59. The predicted octanol–water partition coefficient (Wildman–Crippen LogP) is 2.91. The number of rotatable bonds is 6. The molecule has 0 radical (unpaired) electrons. The molecule has 1 unspecified atom stereocenters. The zero-order chi connectivity index (χ0) is 14.5. The van der Waals surface area contributed by atoms with Crippen molar-refractivity contribution in [2.45, 2.75) is 40.2 Å². The number of carbonyl (C=O) groups is 1. The van der Waals surface area contributed by atoms with E-state index in [1.165, 1.54) is 0 Å². The molecular weight excluding hydrogens is 250 g/mol. The number of nitrogens with one attached hydrogen (secondary N) is 1. The largest absolute Gasteiger partial charge is 0.370 e. The van der Waals surface area contributed by atoms with Crippen LogP contribution in [0.15, 0.2) is 18.3 Å². The summed E-state index contributed by atoms with van der Waals surface area (Å²) in [5, 5.41) is 3.28. The third-order valence-electron chi connectivity index (χ3n) is 3.94. The van der Waals surface area contributed by atoms with Gasteiger partial charge in [0.15, 0.2) is 0 Å². The van der Waals surface area contributed by atoms with E-state index in [9.17, 15) is 4.79 Å². The van der Waals surface area contributed by atoms with Crippen LogP contribution in [0, 0.1) is 11.8 Å². The van der Waals surface area contributed by atoms with Gasteiger partial charge in [0, 0.05) is 32.3 Å². The highest BCUT2D eigenvalue weighted by Crippen LogP contribution is 2.26. The maximum absolute atomic E-state index is 12.0. The molecule has 20 heavy (non-hydrogen) atoms. The molecule has 4 nitrogen and oxygen atoms in total. The van der Waals surface area contributed by atoms with Crippen LogP contribution in [0.3, 0.4) is 0 Å². The Bertz CT molecular complexity index is 459. The van der Waals surface area contributed by atoms with E-state index in [1.807, 2.05) is 23.2 Å². The van der Waals surface area contributed by atoms with Crippen molar-refractivity contribution in [2.24, 2.45) is 11.8 Å². The molecule has 1 aromatic rings. The molecule has 0 saturated carbocycles. The quantitative estimate of drug-likeness (QED) is 0.868. The van der Waals surface area contributed by atoms with Crippen LogP contribution in [-0.2, 0) is 11.3 Å². The molecule has 1 saturated heterocycles. The summed E-state index contributed by atoms with van der Waals surface area (Å²) in [5.41, 5.74) is 1.15. The molecule has 0 spiro atoms. The summed E-state index contributed by atoms with van der Waals surface area (Å²) in [6.45, 7) is 9.03. The number of hydrogen-bond donors (Lipinski definition) is 1. The Balaban J connectivity index is 1.98. The van der Waals surface area contributed by atoms with Crippen molar-refractivity contribution in [1.82, 2.24) is 9.88 Å². The van der Waals surface area contributed by atoms with Gasteiger partial charge in [0.25, 0.3) is 0 Å². The minimum absolute atomic E-state index is 0.281. The van der Waals surface area contributed by atoms with Gasteiger partial charge < -0.3 is 10.2 Å². The zero-order valence-electron chi connectivity index (χ0n) is 12.7. The fourth-order valence-corrected chi connectivity index (χ4v) is 2.54. The predicted molar refractivity (Wildman–Crippen MR) is 81.4 cm³/mol. The second-order valence-corrected chi connectivity index (χ2v) is 5.96. The molecule has 1 N–H and O–H groups in total. The summed E-state index contributed by atoms with van der Waals surface area (Å²) in [4.78, 5) is 18.3. The van der Waals surface area contributed by atoms with E-state index in [2.05, 4.69) is 31.1 Å². The van der Waals surface area contributed by atoms with Crippen molar-refractivity contribution in [3.05, 3.63) is 23.9 Å². The summed E-state index contributed by atoms with van der Waals surface area (Å²) < 4.78 is 0. The van der Waals surface area contributed by atoms with Gasteiger partial charge in [0.05, 0.1) is 0 Å². The van der Waals surface area contributed by atoms with Crippen LogP contribution >= 0.6 is 0 Å². The normalized spacial score (nSPS) is 18.9. The third-order valence-corrected chi connectivity index (χ3v) is 3.94. The molecule has 1 fully saturated rings. The van der Waals surface area contributed by atoms with Crippen molar-refractivity contribution >= 4 is 11.7 Å². The first-order valence-electron chi connectivity index (χ1n) is 7.56. The van der Waals surface area contributed by atoms with Crippen LogP contribution in [0.1, 0.15) is 39.2 Å². The summed E-state index contributed by atoms with van der Waals surface area (Å²) in [5.74, 6) is 2.25. The lowest BCUT2D eigenvalue weighted by Crippen LogP contribution is -2.25. The Morgan fingerprint density at radius 2 is 2.30 bits per heavy atom. The summed E-state index contributed by atoms with van der Waals surface area (Å²) in [7, 11) is 0. The number of carbonyl (C=O) groups excluding carboxylic acids is 1. The maximum atomic E-state index is 12.0. The van der Waals surface area contributed by atoms with Crippen molar-refractivity contribution in [3.8, 4) is 0 Å². The first kappa shape index (κ1) is 14.8. The van der Waals surface area contributed by atoms with E-state index in [1.54, 1.807) is 0 Å². The van der Waals surface area contributed by atoms with Gasteiger partial charge in [0.2, 0.25) is 5.91 Å². The fourth-order valence-electron chi connectivity index (χ4n) is 2.54. The Labute approximate surface area is 121 Å². The molecule has 0 aliphatic carbocycles. The molecule has 1 aliphatic rings. The smallest absolute Gasteiger partial charge is 0.223 e. The second-order valence-electron chi connectivity index (χ2n) is 5.96. The van der Waals surface area contributed by atoms with Gasteiger partial charge in [0.1, 0.15) is 5.82 Å². The zero-order valence-corrected chi connectivity index (χ0v) is 12.7. The third kappa shape index (κ3) is 3.71. The number of pyridine rings is 1. The molecule has 4 heteroatoms. The van der Waals surface area contributed by atoms with E-state index < -0.39 is 0 Å². The van der Waals surface area contributed by atoms with Gasteiger partial charge in [-0.15, -0.1) is 0 Å². The first-order chi connectivity index (χ1) is 9.60. The Kier molecular flexibility index (Phi) is 4.99. The van der Waals surface area contributed by atoms with Crippen molar-refractivity contribution in [3.63, 3.8) is 0 Å². The number of likely N-dealkylation sites (tertiary alicyclic amines) is 1. The molecule has 1 aromatic heterocycles. The van der Waals surface area contributed by atoms with Crippen LogP contribution in [0.4, 0.5) is 5.82 Å². The first-order valence-corrected chi connectivity index (χ1v) is 7.56. The van der Waals surface area contributed by atoms with Crippen molar-refractivity contribution < 1.29 is 4.79 Å². The summed E-state index contributed by atoms with van der Waals surface area (Å²) in [6, 6.07) is 4.04. The lowest BCUT2D eigenvalue weighted by Gasteiger charge is -2.18. The number of aromatic nitrogens is 1. The van der Waals surface area contributed by atoms with Crippen molar-refractivity contribution in [1.29, 1.82) is 0 Å². The molecule has 1 aliphatic heterocycles. The van der Waals surface area contributed by atoms with E-state index >= 15 is 0 Å². The lowest BCUT2D eigenvalue weighted by molar-refractivity contribution is -0.128. The van der Waals surface area contributed by atoms with Gasteiger partial charge >= 0.3 is 0 Å². The Hall–Kier alpha value is -1.58. The average molecular weight is 275 g/mol. The van der Waals surface area contributed by atoms with Gasteiger partial charge in [-0.25, -0.2) is 4.98 Å². The van der Waals surface area contributed by atoms with E-state index in [0.717, 1.165) is 30.9 Å². The van der Waals surface area contributed by atoms with Gasteiger partial charge in [-0.3, -0.25) is 4.79 Å². The Morgan fingerprint density at radius 1 is 1.50 bits per heavy atom. The number of anilines is 1. The van der Waals surface area contributed by atoms with Crippen LogP contribution in [0.5, 0.6) is 0 Å². The standard InChI is InChI=1S/C16H25N3O/c1-4-6-17-15-8-13(5-7-18-15)10-19-11-14(12(2)3)9-16(19)20/h5,7-8,12,14H,4,6,9-11H2,1-3H3,(H,17,18). The molecule has 110 valence electrons. The second kappa shape index (κ2) is 6.73. The van der Waals surface area contributed by atoms with E-state index in [4.69, 9.17) is 0 Å². The monoisotopic (exact) mass is 275 g/mol. The number of hydrogen-bond acceptors (Lipinski definition) is 3. The lowest BCUT2D eigenvalue weighted by atomic mass is 9.95. The van der Waals surface area contributed by atoms with Crippen molar-refractivity contribution in [2.75, 3.05) is 18.4 Å². The highest BCUT2D eigenvalue weighted by Gasteiger charge is 2.31. The molecule has 0 aromatic carbocycles. The van der Waals surface area contributed by atoms with Crippen LogP contribution in [0.2, 0.25) is 0 Å². The number of amides is 1. The molecule has 0 bridgehead atoms. The van der Waals surface area contributed by atoms with Crippen LogP contribution in [-0.4, -0.2) is 28.9 Å². The highest BCUT2D eigenvalue weighted by atomic mass is 16.2. The minimum atomic E-state index is 0.281. The average Bonchev–Trinajstić information content (AvgIpc) is 2.79.